The van der Waals surface area contributed by atoms with Gasteiger partial charge in [-0.15, -0.1) is 0 Å². The molecular formula is C14H16N4O. The summed E-state index contributed by atoms with van der Waals surface area (Å²) in [7, 11) is 3.82. The fourth-order valence-electron chi connectivity index (χ4n) is 1.74. The molecule has 0 aliphatic rings. The number of hydrogen-bond donors (Lipinski definition) is 1. The average molecular weight is 256 g/mol. The molecule has 5 nitrogen and oxygen atoms in total. The Labute approximate surface area is 112 Å². The molecular weight excluding hydrogens is 240 g/mol. The lowest BCUT2D eigenvalue weighted by molar-refractivity contribution is 0.0951. The maximum atomic E-state index is 12.2. The third-order valence-corrected chi connectivity index (χ3v) is 2.68. The molecule has 0 saturated carbocycles. The van der Waals surface area contributed by atoms with Gasteiger partial charge in [0.25, 0.3) is 5.91 Å². The molecule has 0 atom stereocenters. The maximum absolute atomic E-state index is 12.2. The molecule has 0 saturated heterocycles. The number of carbonyl (C=O) groups excluding carboxylic acids is 1. The number of aromatic nitrogens is 2. The first kappa shape index (κ1) is 13.0. The van der Waals surface area contributed by atoms with E-state index in [2.05, 4.69) is 15.3 Å². The molecule has 0 aliphatic carbocycles. The smallest absolute Gasteiger partial charge is 0.253 e. The SMILES string of the molecule is CN(C)c1ccccc1C(=O)NCc1cnccn1. The Kier molecular flexibility index (Phi) is 4.07. The number of nitrogens with one attached hydrogen (secondary N) is 1. The maximum Gasteiger partial charge on any atom is 0.253 e. The lowest BCUT2D eigenvalue weighted by atomic mass is 10.1. The van der Waals surface area contributed by atoms with E-state index in [1.165, 1.54) is 0 Å². The van der Waals surface area contributed by atoms with Gasteiger partial charge in [0.2, 0.25) is 0 Å². The Morgan fingerprint density at radius 1 is 1.26 bits per heavy atom. The first-order valence-electron chi connectivity index (χ1n) is 5.98. The van der Waals surface area contributed by atoms with E-state index in [1.807, 2.05) is 37.2 Å². The van der Waals surface area contributed by atoms with E-state index in [0.29, 0.717) is 12.1 Å². The van der Waals surface area contributed by atoms with Crippen LogP contribution in [0.4, 0.5) is 5.69 Å². The third kappa shape index (κ3) is 3.28. The lowest BCUT2D eigenvalue weighted by Crippen LogP contribution is -2.25. The van der Waals surface area contributed by atoms with Crippen molar-refractivity contribution in [1.29, 1.82) is 0 Å². The van der Waals surface area contributed by atoms with Gasteiger partial charge in [-0.1, -0.05) is 12.1 Å². The molecule has 1 aromatic carbocycles. The van der Waals surface area contributed by atoms with Gasteiger partial charge in [0.1, 0.15) is 0 Å². The average Bonchev–Trinajstić information content (AvgIpc) is 2.46. The van der Waals surface area contributed by atoms with Crippen LogP contribution in [-0.4, -0.2) is 30.0 Å². The van der Waals surface area contributed by atoms with Crippen LogP contribution >= 0.6 is 0 Å². The first-order valence-corrected chi connectivity index (χ1v) is 5.98. The van der Waals surface area contributed by atoms with Crippen LogP contribution in [0, 0.1) is 0 Å². The molecule has 98 valence electrons. The molecule has 2 rings (SSSR count). The molecule has 1 heterocycles. The molecule has 1 N–H and O–H groups in total. The predicted octanol–water partition coefficient (Wildman–Crippen LogP) is 1.47. The van der Waals surface area contributed by atoms with Gasteiger partial charge in [-0.3, -0.25) is 14.8 Å². The van der Waals surface area contributed by atoms with Crippen molar-refractivity contribution >= 4 is 11.6 Å². The van der Waals surface area contributed by atoms with Gasteiger partial charge >= 0.3 is 0 Å². The molecule has 1 aromatic heterocycles. The zero-order valence-electron chi connectivity index (χ0n) is 11.0. The number of anilines is 1. The molecule has 19 heavy (non-hydrogen) atoms. The zero-order valence-corrected chi connectivity index (χ0v) is 11.0. The standard InChI is InChI=1S/C14H16N4O/c1-18(2)13-6-4-3-5-12(13)14(19)17-10-11-9-15-7-8-16-11/h3-9H,10H2,1-2H3,(H,17,19). The molecule has 5 heteroatoms. The van der Waals surface area contributed by atoms with Crippen molar-refractivity contribution in [2.24, 2.45) is 0 Å². The summed E-state index contributed by atoms with van der Waals surface area (Å²) in [6.45, 7) is 0.369. The van der Waals surface area contributed by atoms with Crippen LogP contribution < -0.4 is 10.2 Å². The van der Waals surface area contributed by atoms with Gasteiger partial charge < -0.3 is 10.2 Å². The van der Waals surface area contributed by atoms with E-state index in [-0.39, 0.29) is 5.91 Å². The van der Waals surface area contributed by atoms with Crippen molar-refractivity contribution in [1.82, 2.24) is 15.3 Å². The number of benzene rings is 1. The highest BCUT2D eigenvalue weighted by Crippen LogP contribution is 2.17. The molecule has 0 radical (unpaired) electrons. The second kappa shape index (κ2) is 5.95. The highest BCUT2D eigenvalue weighted by Gasteiger charge is 2.11. The Hall–Kier alpha value is -2.43. The molecule has 0 fully saturated rings. The van der Waals surface area contributed by atoms with Crippen molar-refractivity contribution in [3.63, 3.8) is 0 Å². The molecule has 0 aliphatic heterocycles. The number of para-hydroxylation sites is 1. The van der Waals surface area contributed by atoms with Gasteiger partial charge in [0, 0.05) is 32.2 Å². The number of nitrogens with zero attached hydrogens (tertiary/aromatic N) is 3. The van der Waals surface area contributed by atoms with Crippen LogP contribution in [0.5, 0.6) is 0 Å². The molecule has 2 aromatic rings. The lowest BCUT2D eigenvalue weighted by Gasteiger charge is -2.16. The van der Waals surface area contributed by atoms with Crippen molar-refractivity contribution in [2.45, 2.75) is 6.54 Å². The number of carbonyl (C=O) groups is 1. The van der Waals surface area contributed by atoms with Gasteiger partial charge in [-0.25, -0.2) is 0 Å². The Morgan fingerprint density at radius 2 is 2.05 bits per heavy atom. The van der Waals surface area contributed by atoms with E-state index >= 15 is 0 Å². The Bertz CT molecular complexity index is 554. The second-order valence-electron chi connectivity index (χ2n) is 4.29. The highest BCUT2D eigenvalue weighted by atomic mass is 16.1. The zero-order chi connectivity index (χ0) is 13.7. The van der Waals surface area contributed by atoms with E-state index in [9.17, 15) is 4.79 Å². The quantitative estimate of drug-likeness (QED) is 0.900. The van der Waals surface area contributed by atoms with Gasteiger partial charge in [-0.2, -0.15) is 0 Å². The highest BCUT2D eigenvalue weighted by molar-refractivity contribution is 5.99. The number of amides is 1. The van der Waals surface area contributed by atoms with Crippen LogP contribution in [0.25, 0.3) is 0 Å². The summed E-state index contributed by atoms with van der Waals surface area (Å²) in [5, 5.41) is 2.84. The predicted molar refractivity (Wildman–Crippen MR) is 74.0 cm³/mol. The van der Waals surface area contributed by atoms with Crippen LogP contribution in [0.1, 0.15) is 16.1 Å². The van der Waals surface area contributed by atoms with Gasteiger partial charge in [0.05, 0.1) is 24.0 Å². The minimum Gasteiger partial charge on any atom is -0.377 e. The molecule has 0 spiro atoms. The summed E-state index contributed by atoms with van der Waals surface area (Å²) in [4.78, 5) is 22.1. The molecule has 0 bridgehead atoms. The van der Waals surface area contributed by atoms with Crippen LogP contribution in [0.15, 0.2) is 42.9 Å². The van der Waals surface area contributed by atoms with Gasteiger partial charge in [0.15, 0.2) is 0 Å². The fraction of sp³-hybridized carbons (Fsp3) is 0.214. The van der Waals surface area contributed by atoms with E-state index in [0.717, 1.165) is 11.4 Å². The Balaban J connectivity index is 2.08. The monoisotopic (exact) mass is 256 g/mol. The number of rotatable bonds is 4. The van der Waals surface area contributed by atoms with E-state index < -0.39 is 0 Å². The third-order valence-electron chi connectivity index (χ3n) is 2.68. The van der Waals surface area contributed by atoms with Crippen molar-refractivity contribution in [2.75, 3.05) is 19.0 Å². The van der Waals surface area contributed by atoms with Crippen molar-refractivity contribution in [3.8, 4) is 0 Å². The van der Waals surface area contributed by atoms with Crippen LogP contribution in [0.3, 0.4) is 0 Å². The van der Waals surface area contributed by atoms with E-state index in [1.54, 1.807) is 24.7 Å². The Morgan fingerprint density at radius 3 is 2.74 bits per heavy atom. The topological polar surface area (TPSA) is 58.1 Å². The van der Waals surface area contributed by atoms with E-state index in [4.69, 9.17) is 0 Å². The van der Waals surface area contributed by atoms with Gasteiger partial charge in [-0.05, 0) is 12.1 Å². The summed E-state index contributed by atoms with van der Waals surface area (Å²) < 4.78 is 0. The van der Waals surface area contributed by atoms with Crippen molar-refractivity contribution < 1.29 is 4.79 Å². The minimum absolute atomic E-state index is 0.116. The summed E-state index contributed by atoms with van der Waals surface area (Å²) in [5.41, 5.74) is 2.27. The largest absolute Gasteiger partial charge is 0.377 e. The minimum atomic E-state index is -0.116. The second-order valence-corrected chi connectivity index (χ2v) is 4.29. The van der Waals surface area contributed by atoms with Crippen molar-refractivity contribution in [3.05, 3.63) is 54.1 Å². The molecule has 1 amide bonds. The summed E-state index contributed by atoms with van der Waals surface area (Å²) in [6, 6.07) is 7.48. The summed E-state index contributed by atoms with van der Waals surface area (Å²) in [6.07, 6.45) is 4.85. The molecule has 0 unspecified atom stereocenters. The summed E-state index contributed by atoms with van der Waals surface area (Å²) >= 11 is 0. The normalized spacial score (nSPS) is 10.0. The fourth-order valence-corrected chi connectivity index (χ4v) is 1.74. The number of hydrogen-bond acceptors (Lipinski definition) is 4. The van der Waals surface area contributed by atoms with Crippen LogP contribution in [0.2, 0.25) is 0 Å². The first-order chi connectivity index (χ1) is 9.18. The summed E-state index contributed by atoms with van der Waals surface area (Å²) in [5.74, 6) is -0.116. The van der Waals surface area contributed by atoms with Crippen LogP contribution in [-0.2, 0) is 6.54 Å².